The van der Waals surface area contributed by atoms with Crippen LogP contribution in [0, 0.1) is 44.8 Å². The van der Waals surface area contributed by atoms with E-state index in [1.54, 1.807) is 6.92 Å². The summed E-state index contributed by atoms with van der Waals surface area (Å²) < 4.78 is 23.2. The summed E-state index contributed by atoms with van der Waals surface area (Å²) >= 11 is 0. The van der Waals surface area contributed by atoms with E-state index in [-0.39, 0.29) is 18.3 Å². The minimum Gasteiger partial charge on any atom is -0.481 e. The molecule has 0 radical (unpaired) electrons. The largest absolute Gasteiger partial charge is 0.481 e. The molecule has 10 N–H and O–H groups in total. The number of hydrogen-bond acceptors (Lipinski definition) is 15. The van der Waals surface area contributed by atoms with Gasteiger partial charge in [-0.2, -0.15) is 0 Å². The molecule has 4 saturated carbocycles. The van der Waals surface area contributed by atoms with Crippen LogP contribution in [0.5, 0.6) is 0 Å². The summed E-state index contributed by atoms with van der Waals surface area (Å²) in [7, 11) is 0. The number of aliphatic carboxylic acids is 1. The van der Waals surface area contributed by atoms with Crippen LogP contribution in [0.1, 0.15) is 85.5 Å². The molecule has 0 aromatic heterocycles. The van der Waals surface area contributed by atoms with Gasteiger partial charge in [-0.15, -0.1) is 0 Å². The highest BCUT2D eigenvalue weighted by atomic mass is 16.7. The zero-order valence-corrected chi connectivity index (χ0v) is 33.1. The Kier molecular flexibility index (Phi) is 11.2. The van der Waals surface area contributed by atoms with E-state index in [2.05, 4.69) is 26.5 Å². The van der Waals surface area contributed by atoms with Crippen LogP contribution >= 0.6 is 0 Å². The van der Waals surface area contributed by atoms with Crippen LogP contribution in [-0.2, 0) is 28.5 Å². The molecule has 5 aliphatic carbocycles. The van der Waals surface area contributed by atoms with Gasteiger partial charge in [0.1, 0.15) is 54.9 Å². The third-order valence-corrected chi connectivity index (χ3v) is 16.7. The first-order valence-electron chi connectivity index (χ1n) is 20.4. The molecule has 7 aliphatic rings. The summed E-state index contributed by atoms with van der Waals surface area (Å²) in [5.41, 5.74) is -2.22. The monoisotopic (exact) mass is 810 g/mol. The topological polar surface area (TPSA) is 273 Å². The lowest BCUT2D eigenvalue weighted by Gasteiger charge is -2.71. The Labute approximate surface area is 332 Å². The molecular formula is C41H62O16. The van der Waals surface area contributed by atoms with Gasteiger partial charge in [0.2, 0.25) is 6.29 Å². The highest BCUT2D eigenvalue weighted by Gasteiger charge is 2.72. The fourth-order valence-electron chi connectivity index (χ4n) is 13.2. The molecular weight excluding hydrogens is 748 g/mol. The van der Waals surface area contributed by atoms with Crippen LogP contribution in [-0.4, -0.2) is 150 Å². The molecule has 0 amide bonds. The molecule has 0 aromatic rings. The van der Waals surface area contributed by atoms with Gasteiger partial charge >= 0.3 is 11.9 Å². The predicted octanol–water partition coefficient (Wildman–Crippen LogP) is -0.118. The van der Waals surface area contributed by atoms with Crippen molar-refractivity contribution >= 4 is 11.9 Å². The van der Waals surface area contributed by atoms with Gasteiger partial charge in [0.15, 0.2) is 6.29 Å². The number of hydrogen-bond donors (Lipinski definition) is 10. The number of fused-ring (bicyclic) bond motifs is 7. The number of aliphatic hydroxyl groups is 9. The Morgan fingerprint density at radius 1 is 0.807 bits per heavy atom. The van der Waals surface area contributed by atoms with E-state index in [1.165, 1.54) is 0 Å². The van der Waals surface area contributed by atoms with Crippen molar-refractivity contribution in [2.24, 2.45) is 44.8 Å². The predicted molar refractivity (Wildman–Crippen MR) is 196 cm³/mol. The second-order valence-electron chi connectivity index (χ2n) is 19.2. The van der Waals surface area contributed by atoms with E-state index >= 15 is 0 Å². The van der Waals surface area contributed by atoms with E-state index in [9.17, 15) is 60.7 Å². The molecule has 6 fully saturated rings. The zero-order valence-electron chi connectivity index (χ0n) is 33.1. The number of ether oxygens (including phenoxy) is 4. The second-order valence-corrected chi connectivity index (χ2v) is 19.2. The number of allylic oxidation sites excluding steroid dienone is 3. The molecule has 0 spiro atoms. The van der Waals surface area contributed by atoms with Gasteiger partial charge in [-0.05, 0) is 92.8 Å². The van der Waals surface area contributed by atoms with Crippen molar-refractivity contribution in [2.45, 2.75) is 159 Å². The summed E-state index contributed by atoms with van der Waals surface area (Å²) in [6.07, 6.45) is -12.1. The zero-order chi connectivity index (χ0) is 41.8. The van der Waals surface area contributed by atoms with E-state index in [0.29, 0.717) is 51.4 Å². The number of carbonyl (C=O) groups is 2. The molecule has 7 rings (SSSR count). The molecule has 20 atom stereocenters. The normalized spacial score (nSPS) is 53.7. The average Bonchev–Trinajstić information content (AvgIpc) is 3.16. The van der Waals surface area contributed by atoms with E-state index in [0.717, 1.165) is 11.1 Å². The fourth-order valence-corrected chi connectivity index (χ4v) is 13.2. The Morgan fingerprint density at radius 2 is 1.40 bits per heavy atom. The Balaban J connectivity index is 1.19. The Morgan fingerprint density at radius 3 is 2.00 bits per heavy atom. The van der Waals surface area contributed by atoms with Crippen LogP contribution in [0.15, 0.2) is 23.8 Å². The summed E-state index contributed by atoms with van der Waals surface area (Å²) in [5, 5.41) is 105. The van der Waals surface area contributed by atoms with Gasteiger partial charge in [0.25, 0.3) is 0 Å². The maximum absolute atomic E-state index is 14.4. The number of aliphatic hydroxyl groups excluding tert-OH is 9. The molecule has 16 heteroatoms. The van der Waals surface area contributed by atoms with Crippen molar-refractivity contribution in [1.29, 1.82) is 0 Å². The highest BCUT2D eigenvalue weighted by molar-refractivity contribution is 5.79. The molecule has 0 aromatic carbocycles. The first-order chi connectivity index (χ1) is 26.7. The molecule has 2 heterocycles. The van der Waals surface area contributed by atoms with Gasteiger partial charge in [-0.1, -0.05) is 44.6 Å². The second kappa shape index (κ2) is 14.8. The molecule has 2 aliphatic heterocycles. The number of esters is 1. The summed E-state index contributed by atoms with van der Waals surface area (Å²) in [6.45, 7) is 11.0. The Bertz CT molecular complexity index is 1620. The van der Waals surface area contributed by atoms with Gasteiger partial charge < -0.3 is 70.0 Å². The lowest BCUT2D eigenvalue weighted by molar-refractivity contribution is -0.340. The fraction of sp³-hybridized carbons (Fsp3) is 0.854. The van der Waals surface area contributed by atoms with Crippen molar-refractivity contribution in [3.05, 3.63) is 23.8 Å². The van der Waals surface area contributed by atoms with Crippen molar-refractivity contribution in [3.8, 4) is 0 Å². The van der Waals surface area contributed by atoms with E-state index < -0.39 is 132 Å². The molecule has 16 nitrogen and oxygen atoms in total. The standard InChI is InChI=1S/C41H62O16/c1-18-8-11-41(36(53)57-34-31(50)29(48)27(46)23(17-43)55-34)13-12-38(3)19(20(41)14-18)6-7-24-37(2)15-21(44)32(40(5,35(51)52)25(37)9-10-39(24,38)4)56-33-30(49)28(47)26(45)22(16-42)54-33/h6,20-34,42-50H,1,7-17H2,2-5H3,(H,51,52)/t20-,21-,22+,23+,24+,25+,26+,27+,28-,29-,30+,31+,32-,33-,34-,37+,38+,39+,40-,41-/m0/s1. The third-order valence-electron chi connectivity index (χ3n) is 16.7. The maximum atomic E-state index is 14.4. The third kappa shape index (κ3) is 6.14. The molecule has 2 saturated heterocycles. The molecule has 0 unspecified atom stereocenters. The van der Waals surface area contributed by atoms with Crippen molar-refractivity contribution < 1.29 is 79.6 Å². The smallest absolute Gasteiger partial charge is 0.315 e. The number of carboxylic acids is 1. The average molecular weight is 811 g/mol. The van der Waals surface area contributed by atoms with Gasteiger partial charge in [-0.3, -0.25) is 9.59 Å². The quantitative estimate of drug-likeness (QED) is 0.0912. The first-order valence-corrected chi connectivity index (χ1v) is 20.4. The summed E-state index contributed by atoms with van der Waals surface area (Å²) in [4.78, 5) is 27.9. The van der Waals surface area contributed by atoms with Crippen LogP contribution in [0.25, 0.3) is 0 Å². The maximum Gasteiger partial charge on any atom is 0.315 e. The van der Waals surface area contributed by atoms with E-state index in [4.69, 9.17) is 18.9 Å². The Hall–Kier alpha value is -2.06. The number of carbonyl (C=O) groups excluding carboxylic acids is 1. The van der Waals surface area contributed by atoms with Crippen LogP contribution in [0.2, 0.25) is 0 Å². The minimum absolute atomic E-state index is 0.112. The van der Waals surface area contributed by atoms with Gasteiger partial charge in [0.05, 0.1) is 30.1 Å². The summed E-state index contributed by atoms with van der Waals surface area (Å²) in [5.74, 6) is -2.72. The van der Waals surface area contributed by atoms with Crippen molar-refractivity contribution in [3.63, 3.8) is 0 Å². The SMILES string of the molecule is C=C1CC[C@]2(C(=O)O[C@@H]3O[C@H](CO)[C@@H](O)[C@H](O)[C@H]3O)CC[C@]3(C)C(=CC[C@@H]4[C@@]5(C)C[C@H](O)[C@H](O[C@@H]6O[C@H](CO)[C@@H](O)[C@H](O)[C@H]6O)[C@@](C)(C(=O)O)[C@@H]5CC[C@]43C)[C@@H]2C1. The van der Waals surface area contributed by atoms with Crippen LogP contribution in [0.4, 0.5) is 0 Å². The number of rotatable bonds is 7. The molecule has 322 valence electrons. The van der Waals surface area contributed by atoms with Gasteiger partial charge in [-0.25, -0.2) is 0 Å². The van der Waals surface area contributed by atoms with E-state index in [1.807, 2.05) is 6.92 Å². The highest BCUT2D eigenvalue weighted by Crippen LogP contribution is 2.75. The van der Waals surface area contributed by atoms with Gasteiger partial charge in [0, 0.05) is 5.92 Å². The lowest BCUT2D eigenvalue weighted by atomic mass is 9.33. The summed E-state index contributed by atoms with van der Waals surface area (Å²) in [6, 6.07) is 0. The van der Waals surface area contributed by atoms with Crippen LogP contribution < -0.4 is 0 Å². The molecule has 57 heavy (non-hydrogen) atoms. The van der Waals surface area contributed by atoms with Crippen molar-refractivity contribution in [1.82, 2.24) is 0 Å². The molecule has 0 bridgehead atoms. The van der Waals surface area contributed by atoms with Crippen LogP contribution in [0.3, 0.4) is 0 Å². The lowest BCUT2D eigenvalue weighted by Crippen LogP contribution is -2.70. The first kappa shape index (κ1) is 43.0. The minimum atomic E-state index is -1.78. The number of carboxylic acid groups (broad SMARTS) is 1. The van der Waals surface area contributed by atoms with Crippen molar-refractivity contribution in [2.75, 3.05) is 13.2 Å².